The number of hydrogen-bond acceptors (Lipinski definition) is 6. The van der Waals surface area contributed by atoms with E-state index in [1.807, 2.05) is 0 Å². The van der Waals surface area contributed by atoms with Crippen molar-refractivity contribution in [1.82, 2.24) is 0 Å². The molecule has 1 aromatic rings. The van der Waals surface area contributed by atoms with Gasteiger partial charge < -0.3 is 19.7 Å². The van der Waals surface area contributed by atoms with Crippen molar-refractivity contribution in [3.05, 3.63) is 47.5 Å². The largest absolute Gasteiger partial charge is 0.478 e. The zero-order valence-electron chi connectivity index (χ0n) is 12.9. The number of carbonyl (C=O) groups excluding carboxylic acids is 2. The van der Waals surface area contributed by atoms with Crippen molar-refractivity contribution >= 4 is 23.9 Å². The van der Waals surface area contributed by atoms with Crippen LogP contribution < -0.4 is 0 Å². The third kappa shape index (κ3) is 4.94. The van der Waals surface area contributed by atoms with Crippen LogP contribution in [0, 0.1) is 0 Å². The molecule has 8 nitrogen and oxygen atoms in total. The molecule has 128 valence electrons. The lowest BCUT2D eigenvalue weighted by molar-refractivity contribution is -0.140. The highest BCUT2D eigenvalue weighted by Crippen LogP contribution is 2.16. The van der Waals surface area contributed by atoms with Gasteiger partial charge in [-0.3, -0.25) is 0 Å². The smallest absolute Gasteiger partial charge is 0.339 e. The Bertz CT molecular complexity index is 677. The number of esters is 2. The van der Waals surface area contributed by atoms with E-state index in [1.165, 1.54) is 0 Å². The normalized spacial score (nSPS) is 11.2. The summed E-state index contributed by atoms with van der Waals surface area (Å²) in [6, 6.07) is 3.04. The maximum Gasteiger partial charge on any atom is 0.339 e. The van der Waals surface area contributed by atoms with E-state index < -0.39 is 35.5 Å². The van der Waals surface area contributed by atoms with E-state index in [1.54, 1.807) is 6.92 Å². The number of rotatable bonds is 8. The fraction of sp³-hybridized carbons (Fsp3) is 0.250. The van der Waals surface area contributed by atoms with Gasteiger partial charge in [0, 0.05) is 6.08 Å². The van der Waals surface area contributed by atoms with Gasteiger partial charge in [-0.1, -0.05) is 13.5 Å². The molecule has 8 heteroatoms. The van der Waals surface area contributed by atoms with Crippen LogP contribution in [0.2, 0.25) is 0 Å². The molecule has 0 spiro atoms. The highest BCUT2D eigenvalue weighted by atomic mass is 16.6. The Morgan fingerprint density at radius 3 is 2.33 bits per heavy atom. The second kappa shape index (κ2) is 8.47. The lowest BCUT2D eigenvalue weighted by Crippen LogP contribution is -2.25. The Kier molecular flexibility index (Phi) is 6.66. The summed E-state index contributed by atoms with van der Waals surface area (Å²) >= 11 is 0. The van der Waals surface area contributed by atoms with Crippen LogP contribution in [-0.4, -0.2) is 46.8 Å². The first-order valence-electron chi connectivity index (χ1n) is 6.90. The van der Waals surface area contributed by atoms with E-state index in [0.29, 0.717) is 6.42 Å². The van der Waals surface area contributed by atoms with Gasteiger partial charge in [-0.2, -0.15) is 0 Å². The van der Waals surface area contributed by atoms with Gasteiger partial charge >= 0.3 is 23.9 Å². The van der Waals surface area contributed by atoms with E-state index in [4.69, 9.17) is 19.7 Å². The molecular weight excluding hydrogens is 320 g/mol. The van der Waals surface area contributed by atoms with E-state index >= 15 is 0 Å². The Morgan fingerprint density at radius 2 is 1.83 bits per heavy atom. The summed E-state index contributed by atoms with van der Waals surface area (Å²) in [4.78, 5) is 45.3. The summed E-state index contributed by atoms with van der Waals surface area (Å²) < 4.78 is 9.89. The second-order valence-corrected chi connectivity index (χ2v) is 4.64. The molecule has 0 aliphatic heterocycles. The average molecular weight is 336 g/mol. The molecule has 0 aliphatic carbocycles. The average Bonchev–Trinajstić information content (AvgIpc) is 2.57. The Morgan fingerprint density at radius 1 is 1.17 bits per heavy atom. The fourth-order valence-corrected chi connectivity index (χ4v) is 1.72. The van der Waals surface area contributed by atoms with Crippen molar-refractivity contribution in [1.29, 1.82) is 0 Å². The summed E-state index contributed by atoms with van der Waals surface area (Å²) in [7, 11) is 0. The standard InChI is InChI=1S/C16H16O8/c1-3-10(8-23-13(17)4-2)24-16(22)11-6-5-9(14(18)19)7-12(11)15(20)21/h4-7,10H,2-3,8H2,1H3,(H,18,19)(H,20,21). The first-order chi connectivity index (χ1) is 11.3. The molecule has 1 atom stereocenters. The SMILES string of the molecule is C=CC(=O)OCC(CC)OC(=O)c1ccc(C(=O)O)cc1C(=O)O. The predicted octanol–water partition coefficient (Wildman–Crippen LogP) is 1.75. The number of benzene rings is 1. The van der Waals surface area contributed by atoms with E-state index in [0.717, 1.165) is 24.3 Å². The van der Waals surface area contributed by atoms with Crippen molar-refractivity contribution in [2.45, 2.75) is 19.4 Å². The molecular formula is C16H16O8. The predicted molar refractivity (Wildman–Crippen MR) is 81.0 cm³/mol. The summed E-state index contributed by atoms with van der Waals surface area (Å²) in [5.41, 5.74) is -1.05. The highest BCUT2D eigenvalue weighted by molar-refractivity contribution is 6.04. The molecule has 24 heavy (non-hydrogen) atoms. The molecule has 1 rings (SSSR count). The molecule has 1 aromatic carbocycles. The van der Waals surface area contributed by atoms with Crippen molar-refractivity contribution < 1.29 is 38.9 Å². The lowest BCUT2D eigenvalue weighted by atomic mass is 10.0. The molecule has 0 aliphatic rings. The second-order valence-electron chi connectivity index (χ2n) is 4.64. The molecule has 0 radical (unpaired) electrons. The summed E-state index contributed by atoms with van der Waals surface area (Å²) in [6.45, 7) is 4.71. The molecule has 0 saturated carbocycles. The number of ether oxygens (including phenoxy) is 2. The number of carboxylic acid groups (broad SMARTS) is 2. The van der Waals surface area contributed by atoms with Crippen molar-refractivity contribution in [3.8, 4) is 0 Å². The monoisotopic (exact) mass is 336 g/mol. The van der Waals surface area contributed by atoms with Gasteiger partial charge in [0.15, 0.2) is 0 Å². The maximum atomic E-state index is 12.1. The van der Waals surface area contributed by atoms with Crippen LogP contribution >= 0.6 is 0 Å². The number of hydrogen-bond donors (Lipinski definition) is 2. The van der Waals surface area contributed by atoms with Gasteiger partial charge in [0.1, 0.15) is 12.7 Å². The quantitative estimate of drug-likeness (QED) is 0.543. The topological polar surface area (TPSA) is 127 Å². The zero-order chi connectivity index (χ0) is 18.3. The molecule has 0 fully saturated rings. The number of carbonyl (C=O) groups is 4. The summed E-state index contributed by atoms with van der Waals surface area (Å²) in [5.74, 6) is -4.41. The first kappa shape index (κ1) is 18.9. The van der Waals surface area contributed by atoms with Gasteiger partial charge in [0.05, 0.1) is 16.7 Å². The van der Waals surface area contributed by atoms with Crippen molar-refractivity contribution in [3.63, 3.8) is 0 Å². The third-order valence-electron chi connectivity index (χ3n) is 3.02. The van der Waals surface area contributed by atoms with Gasteiger partial charge in [0.25, 0.3) is 0 Å². The van der Waals surface area contributed by atoms with Crippen LogP contribution in [0.5, 0.6) is 0 Å². The molecule has 0 aromatic heterocycles. The summed E-state index contributed by atoms with van der Waals surface area (Å²) in [6.07, 6.45) is 0.509. The Balaban J connectivity index is 2.97. The van der Waals surface area contributed by atoms with Crippen molar-refractivity contribution in [2.75, 3.05) is 6.61 Å². The lowest BCUT2D eigenvalue weighted by Gasteiger charge is -2.16. The van der Waals surface area contributed by atoms with Crippen LogP contribution in [0.1, 0.15) is 44.4 Å². The van der Waals surface area contributed by atoms with Crippen molar-refractivity contribution in [2.24, 2.45) is 0 Å². The van der Waals surface area contributed by atoms with Crippen LogP contribution in [0.4, 0.5) is 0 Å². The molecule has 0 saturated heterocycles. The Labute approximate surface area is 137 Å². The molecule has 2 N–H and O–H groups in total. The van der Waals surface area contributed by atoms with Crippen LogP contribution in [-0.2, 0) is 14.3 Å². The Hall–Kier alpha value is -3.16. The molecule has 0 amide bonds. The van der Waals surface area contributed by atoms with Gasteiger partial charge in [-0.15, -0.1) is 0 Å². The molecule has 0 bridgehead atoms. The number of aromatic carboxylic acids is 2. The van der Waals surface area contributed by atoms with Crippen LogP contribution in [0.3, 0.4) is 0 Å². The maximum absolute atomic E-state index is 12.1. The first-order valence-corrected chi connectivity index (χ1v) is 6.90. The minimum absolute atomic E-state index is 0.206. The van der Waals surface area contributed by atoms with E-state index in [-0.39, 0.29) is 17.7 Å². The van der Waals surface area contributed by atoms with E-state index in [9.17, 15) is 19.2 Å². The highest BCUT2D eigenvalue weighted by Gasteiger charge is 2.23. The molecule has 0 heterocycles. The fourth-order valence-electron chi connectivity index (χ4n) is 1.72. The molecule has 1 unspecified atom stereocenters. The third-order valence-corrected chi connectivity index (χ3v) is 3.02. The van der Waals surface area contributed by atoms with Gasteiger partial charge in [0.2, 0.25) is 0 Å². The minimum atomic E-state index is -1.46. The number of carboxylic acids is 2. The zero-order valence-corrected chi connectivity index (χ0v) is 12.9. The minimum Gasteiger partial charge on any atom is -0.478 e. The van der Waals surface area contributed by atoms with E-state index in [2.05, 4.69) is 6.58 Å². The summed E-state index contributed by atoms with van der Waals surface area (Å²) in [5, 5.41) is 18.0. The van der Waals surface area contributed by atoms with Crippen LogP contribution in [0.15, 0.2) is 30.9 Å². The van der Waals surface area contributed by atoms with Gasteiger partial charge in [-0.05, 0) is 24.6 Å². The van der Waals surface area contributed by atoms with Gasteiger partial charge in [-0.25, -0.2) is 19.2 Å². The van der Waals surface area contributed by atoms with Crippen LogP contribution in [0.25, 0.3) is 0 Å².